The zero-order valence-corrected chi connectivity index (χ0v) is 13.3. The molecule has 0 aliphatic carbocycles. The van der Waals surface area contributed by atoms with Crippen molar-refractivity contribution >= 4 is 45.1 Å². The van der Waals surface area contributed by atoms with E-state index in [1.807, 2.05) is 13.0 Å². The van der Waals surface area contributed by atoms with Crippen LogP contribution in [0.15, 0.2) is 40.9 Å². The average Bonchev–Trinajstić information content (AvgIpc) is 2.41. The molecular formula is C15H11BrClNO3. The Morgan fingerprint density at radius 2 is 1.90 bits per heavy atom. The summed E-state index contributed by atoms with van der Waals surface area (Å²) < 4.78 is 0.668. The number of carbonyl (C=O) groups excluding carboxylic acids is 1. The maximum absolute atomic E-state index is 12.3. The quantitative estimate of drug-likeness (QED) is 0.846. The number of carboxylic acid groups (broad SMARTS) is 1. The second-order valence-electron chi connectivity index (χ2n) is 4.39. The molecule has 4 nitrogen and oxygen atoms in total. The molecular weight excluding hydrogens is 358 g/mol. The highest BCUT2D eigenvalue weighted by atomic mass is 79.9. The molecule has 2 rings (SSSR count). The van der Waals surface area contributed by atoms with Gasteiger partial charge in [-0.3, -0.25) is 4.79 Å². The Morgan fingerprint density at radius 1 is 1.19 bits per heavy atom. The fraction of sp³-hybridized carbons (Fsp3) is 0.0667. The Balaban J connectivity index is 2.38. The molecule has 108 valence electrons. The molecule has 0 saturated carbocycles. The molecule has 0 aromatic heterocycles. The Kier molecular flexibility index (Phi) is 4.65. The highest BCUT2D eigenvalue weighted by molar-refractivity contribution is 9.10. The minimum Gasteiger partial charge on any atom is -0.478 e. The molecule has 21 heavy (non-hydrogen) atoms. The summed E-state index contributed by atoms with van der Waals surface area (Å²) in [7, 11) is 0. The predicted octanol–water partition coefficient (Wildman–Crippen LogP) is 4.36. The van der Waals surface area contributed by atoms with Gasteiger partial charge in [-0.2, -0.15) is 0 Å². The number of halogens is 2. The van der Waals surface area contributed by atoms with Gasteiger partial charge in [-0.15, -0.1) is 0 Å². The van der Waals surface area contributed by atoms with Crippen molar-refractivity contribution in [2.75, 3.05) is 5.32 Å². The van der Waals surface area contributed by atoms with Gasteiger partial charge in [0, 0.05) is 9.50 Å². The molecule has 0 aliphatic heterocycles. The normalized spacial score (nSPS) is 10.2. The molecule has 0 unspecified atom stereocenters. The number of nitrogens with one attached hydrogen (secondary N) is 1. The van der Waals surface area contributed by atoms with Crippen LogP contribution in [-0.4, -0.2) is 17.0 Å². The average molecular weight is 369 g/mol. The lowest BCUT2D eigenvalue weighted by molar-refractivity contribution is 0.0698. The van der Waals surface area contributed by atoms with Crippen molar-refractivity contribution in [2.24, 2.45) is 0 Å². The van der Waals surface area contributed by atoms with Crippen LogP contribution in [-0.2, 0) is 0 Å². The number of anilines is 1. The van der Waals surface area contributed by atoms with Gasteiger partial charge in [-0.1, -0.05) is 23.7 Å². The topological polar surface area (TPSA) is 66.4 Å². The summed E-state index contributed by atoms with van der Waals surface area (Å²) in [6.07, 6.45) is 0. The smallest absolute Gasteiger partial charge is 0.337 e. The maximum atomic E-state index is 12.3. The maximum Gasteiger partial charge on any atom is 0.337 e. The summed E-state index contributed by atoms with van der Waals surface area (Å²) in [6, 6.07) is 9.49. The van der Waals surface area contributed by atoms with Crippen LogP contribution in [0.25, 0.3) is 0 Å². The summed E-state index contributed by atoms with van der Waals surface area (Å²) in [5.74, 6) is -1.54. The van der Waals surface area contributed by atoms with Crippen molar-refractivity contribution in [2.45, 2.75) is 6.92 Å². The number of rotatable bonds is 3. The second-order valence-corrected chi connectivity index (χ2v) is 5.62. The second kappa shape index (κ2) is 6.28. The third-order valence-corrected chi connectivity index (χ3v) is 4.18. The van der Waals surface area contributed by atoms with Crippen LogP contribution in [0.5, 0.6) is 0 Å². The van der Waals surface area contributed by atoms with E-state index in [2.05, 4.69) is 21.2 Å². The highest BCUT2D eigenvalue weighted by Gasteiger charge is 2.16. The number of carboxylic acids is 1. The number of benzene rings is 2. The van der Waals surface area contributed by atoms with E-state index in [-0.39, 0.29) is 11.3 Å². The van der Waals surface area contributed by atoms with Crippen LogP contribution in [0.2, 0.25) is 5.02 Å². The first-order valence-electron chi connectivity index (χ1n) is 5.99. The first-order valence-corrected chi connectivity index (χ1v) is 7.16. The van der Waals surface area contributed by atoms with Crippen LogP contribution in [0.3, 0.4) is 0 Å². The summed E-state index contributed by atoms with van der Waals surface area (Å²) in [6.45, 7) is 1.86. The SMILES string of the molecule is Cc1cccc(C(=O)Nc2cc(Cl)ccc2C(=O)O)c1Br. The number of aryl methyl sites for hydroxylation is 1. The van der Waals surface area contributed by atoms with Gasteiger partial charge in [0.2, 0.25) is 0 Å². The van der Waals surface area contributed by atoms with Crippen LogP contribution in [0.1, 0.15) is 26.3 Å². The van der Waals surface area contributed by atoms with E-state index < -0.39 is 11.9 Å². The molecule has 0 saturated heterocycles. The molecule has 6 heteroatoms. The lowest BCUT2D eigenvalue weighted by atomic mass is 10.1. The Hall–Kier alpha value is -1.85. The lowest BCUT2D eigenvalue weighted by Crippen LogP contribution is -2.15. The van der Waals surface area contributed by atoms with Crippen LogP contribution in [0.4, 0.5) is 5.69 Å². The van der Waals surface area contributed by atoms with Gasteiger partial charge in [0.1, 0.15) is 0 Å². The third kappa shape index (κ3) is 3.43. The van der Waals surface area contributed by atoms with Gasteiger partial charge < -0.3 is 10.4 Å². The summed E-state index contributed by atoms with van der Waals surface area (Å²) in [5, 5.41) is 12.1. The summed E-state index contributed by atoms with van der Waals surface area (Å²) in [4.78, 5) is 23.5. The van der Waals surface area contributed by atoms with E-state index in [0.717, 1.165) is 5.56 Å². The van der Waals surface area contributed by atoms with Gasteiger partial charge in [0.25, 0.3) is 5.91 Å². The minimum atomic E-state index is -1.13. The molecule has 0 heterocycles. The van der Waals surface area contributed by atoms with E-state index in [1.165, 1.54) is 18.2 Å². The molecule has 0 radical (unpaired) electrons. The molecule has 0 fully saturated rings. The van der Waals surface area contributed by atoms with Crippen LogP contribution < -0.4 is 5.32 Å². The van der Waals surface area contributed by atoms with Crippen molar-refractivity contribution in [3.63, 3.8) is 0 Å². The number of carbonyl (C=O) groups is 2. The van der Waals surface area contributed by atoms with E-state index in [0.29, 0.717) is 15.1 Å². The number of hydrogen-bond donors (Lipinski definition) is 2. The molecule has 2 N–H and O–H groups in total. The summed E-state index contributed by atoms with van der Waals surface area (Å²) in [5.41, 5.74) is 1.48. The van der Waals surface area contributed by atoms with Crippen molar-refractivity contribution in [1.29, 1.82) is 0 Å². The molecule has 2 aromatic carbocycles. The molecule has 1 amide bonds. The number of amides is 1. The van der Waals surface area contributed by atoms with Crippen LogP contribution in [0, 0.1) is 6.92 Å². The first kappa shape index (κ1) is 15.5. The zero-order valence-electron chi connectivity index (χ0n) is 11.0. The third-order valence-electron chi connectivity index (χ3n) is 2.90. The number of hydrogen-bond acceptors (Lipinski definition) is 2. The fourth-order valence-corrected chi connectivity index (χ4v) is 2.44. The van der Waals surface area contributed by atoms with E-state index in [9.17, 15) is 9.59 Å². The van der Waals surface area contributed by atoms with Crippen LogP contribution >= 0.6 is 27.5 Å². The van der Waals surface area contributed by atoms with Gasteiger partial charge in [-0.05, 0) is 52.7 Å². The standard InChI is InChI=1S/C15H11BrClNO3/c1-8-3-2-4-11(13(8)16)14(19)18-12-7-9(17)5-6-10(12)15(20)21/h2-7H,1H3,(H,18,19)(H,20,21). The van der Waals surface area contributed by atoms with E-state index in [4.69, 9.17) is 16.7 Å². The molecule has 0 atom stereocenters. The molecule has 0 aliphatic rings. The monoisotopic (exact) mass is 367 g/mol. The minimum absolute atomic E-state index is 0.0171. The van der Waals surface area contributed by atoms with Crippen molar-refractivity contribution in [3.05, 3.63) is 62.6 Å². The summed E-state index contributed by atoms with van der Waals surface area (Å²) >= 11 is 9.21. The van der Waals surface area contributed by atoms with Gasteiger partial charge in [0.15, 0.2) is 0 Å². The Bertz CT molecular complexity index is 731. The Labute approximate surface area is 134 Å². The fourth-order valence-electron chi connectivity index (χ4n) is 1.82. The van der Waals surface area contributed by atoms with Crippen molar-refractivity contribution in [1.82, 2.24) is 0 Å². The highest BCUT2D eigenvalue weighted by Crippen LogP contribution is 2.25. The van der Waals surface area contributed by atoms with Gasteiger partial charge in [-0.25, -0.2) is 4.79 Å². The van der Waals surface area contributed by atoms with E-state index >= 15 is 0 Å². The molecule has 0 spiro atoms. The Morgan fingerprint density at radius 3 is 2.57 bits per heavy atom. The predicted molar refractivity (Wildman–Crippen MR) is 85.2 cm³/mol. The first-order chi connectivity index (χ1) is 9.90. The largest absolute Gasteiger partial charge is 0.478 e. The van der Waals surface area contributed by atoms with Crippen molar-refractivity contribution < 1.29 is 14.7 Å². The molecule has 0 bridgehead atoms. The van der Waals surface area contributed by atoms with Crippen molar-refractivity contribution in [3.8, 4) is 0 Å². The van der Waals surface area contributed by atoms with Gasteiger partial charge >= 0.3 is 5.97 Å². The lowest BCUT2D eigenvalue weighted by Gasteiger charge is -2.11. The van der Waals surface area contributed by atoms with Gasteiger partial charge in [0.05, 0.1) is 16.8 Å². The zero-order chi connectivity index (χ0) is 15.6. The molecule has 2 aromatic rings. The van der Waals surface area contributed by atoms with E-state index in [1.54, 1.807) is 12.1 Å². The number of aromatic carboxylic acids is 1.